The predicted molar refractivity (Wildman–Crippen MR) is 254 cm³/mol. The Labute approximate surface area is 399 Å². The molecule has 6 aromatic heterocycles. The van der Waals surface area contributed by atoms with Gasteiger partial charge in [-0.3, -0.25) is 4.79 Å². The molecule has 4 N–H and O–H groups in total. The second kappa shape index (κ2) is 21.2. The van der Waals surface area contributed by atoms with Crippen molar-refractivity contribution in [2.45, 2.75) is 57.8 Å². The second-order valence-electron chi connectivity index (χ2n) is 17.5. The molecule has 2 atom stereocenters. The number of anilines is 2. The first kappa shape index (κ1) is 46.6. The van der Waals surface area contributed by atoms with Crippen LogP contribution in [0.25, 0.3) is 44.8 Å². The van der Waals surface area contributed by atoms with Crippen molar-refractivity contribution in [2.24, 2.45) is 17.8 Å². The molecular formula is C48H49Cl2F3N12O3. The number of piperidine rings is 2. The Balaban J connectivity index is 0.000000170. The summed E-state index contributed by atoms with van der Waals surface area (Å²) in [6.07, 6.45) is 17.5. The van der Waals surface area contributed by atoms with Crippen molar-refractivity contribution in [1.82, 2.24) is 49.7 Å². The van der Waals surface area contributed by atoms with Gasteiger partial charge >= 0.3 is 6.09 Å². The standard InChI is InChI=1S/C24H21ClF2N6O2.C24H28ClFN6O/c25-15-8-18-19(11-30-21(18)29-10-15)22-31-12-20(27)23(32-22)28-9-14-2-1-7-33(13-14)24(34)35-17-5-3-16(26)4-6-17;25-17-9-18-19(12-29-22(18)28-11-17)23-30-13-20(26)24(31-23)27-10-16-6-3-7-32(14-16)21(33)8-15-4-1-2-5-15/h3-6,8,10-12,14H,1-2,7,9,13H2,(H,29,30)(H,28,31,32);9,11-13,15-16H,1-8,10,14H2,(H,28,29)(H,27,30,31). The number of carbonyl (C=O) groups is 2. The molecule has 1 aliphatic carbocycles. The molecule has 354 valence electrons. The lowest BCUT2D eigenvalue weighted by Crippen LogP contribution is -2.43. The molecule has 2 saturated heterocycles. The number of halogens is 5. The number of nitrogens with one attached hydrogen (secondary N) is 4. The van der Waals surface area contributed by atoms with E-state index in [-0.39, 0.29) is 35.1 Å². The van der Waals surface area contributed by atoms with Gasteiger partial charge < -0.3 is 35.1 Å². The Morgan fingerprint density at radius 1 is 0.662 bits per heavy atom. The van der Waals surface area contributed by atoms with Crippen molar-refractivity contribution in [3.63, 3.8) is 0 Å². The smallest absolute Gasteiger partial charge is 0.410 e. The number of rotatable bonds is 11. The van der Waals surface area contributed by atoms with E-state index in [1.807, 2.05) is 4.90 Å². The summed E-state index contributed by atoms with van der Waals surface area (Å²) in [4.78, 5) is 60.6. The van der Waals surface area contributed by atoms with E-state index in [9.17, 15) is 22.8 Å². The Kier molecular flexibility index (Phi) is 14.5. The molecule has 20 heteroatoms. The summed E-state index contributed by atoms with van der Waals surface area (Å²) in [6.45, 7) is 3.51. The van der Waals surface area contributed by atoms with Crippen molar-refractivity contribution >= 4 is 68.9 Å². The Bertz CT molecular complexity index is 2900. The van der Waals surface area contributed by atoms with Gasteiger partial charge in [0.25, 0.3) is 0 Å². The number of hydrogen-bond acceptors (Lipinski definition) is 11. The van der Waals surface area contributed by atoms with Crippen LogP contribution in [0.2, 0.25) is 10.0 Å². The quantitative estimate of drug-likeness (QED) is 0.0968. The van der Waals surface area contributed by atoms with Crippen molar-refractivity contribution in [2.75, 3.05) is 49.9 Å². The number of fused-ring (bicyclic) bond motifs is 2. The molecular weight excluding hydrogens is 921 g/mol. The van der Waals surface area contributed by atoms with Gasteiger partial charge in [0.1, 0.15) is 22.9 Å². The Morgan fingerprint density at radius 2 is 1.16 bits per heavy atom. The average molecular weight is 970 g/mol. The first-order chi connectivity index (χ1) is 33.0. The zero-order chi connectivity index (χ0) is 47.1. The third-order valence-corrected chi connectivity index (χ3v) is 13.1. The summed E-state index contributed by atoms with van der Waals surface area (Å²) in [5.74, 6) is 0.923. The molecule has 3 fully saturated rings. The number of hydrogen-bond donors (Lipinski definition) is 4. The van der Waals surface area contributed by atoms with Gasteiger partial charge in [0, 0.05) is 92.4 Å². The number of aromatic nitrogens is 8. The first-order valence-electron chi connectivity index (χ1n) is 22.8. The second-order valence-corrected chi connectivity index (χ2v) is 18.4. The van der Waals surface area contributed by atoms with E-state index in [4.69, 9.17) is 27.9 Å². The highest BCUT2D eigenvalue weighted by Crippen LogP contribution is 2.32. The number of likely N-dealkylation sites (tertiary alicyclic amines) is 2. The number of benzene rings is 1. The zero-order valence-corrected chi connectivity index (χ0v) is 38.5. The van der Waals surface area contributed by atoms with Gasteiger partial charge in [-0.2, -0.15) is 0 Å². The van der Waals surface area contributed by atoms with Gasteiger partial charge in [0.2, 0.25) is 5.91 Å². The highest BCUT2D eigenvalue weighted by molar-refractivity contribution is 6.31. The van der Waals surface area contributed by atoms with Crippen LogP contribution in [0.3, 0.4) is 0 Å². The number of ether oxygens (including phenoxy) is 1. The third kappa shape index (κ3) is 11.2. The SMILES string of the molecule is O=C(CC1CCCC1)N1CCCC(CNc2nc(-c3c[nH]c4ncc(Cl)cc34)ncc2F)C1.O=C(Oc1ccc(F)cc1)N1CCCC(CNc2nc(-c3c[nH]c4ncc(Cl)cc34)ncc2F)C1. The number of amides is 2. The number of H-pyrrole nitrogens is 2. The van der Waals surface area contributed by atoms with E-state index < -0.39 is 23.5 Å². The molecule has 2 amide bonds. The van der Waals surface area contributed by atoms with Crippen LogP contribution < -0.4 is 15.4 Å². The van der Waals surface area contributed by atoms with Crippen LogP contribution in [0.1, 0.15) is 57.8 Å². The van der Waals surface area contributed by atoms with Crippen LogP contribution in [-0.2, 0) is 4.79 Å². The minimum Gasteiger partial charge on any atom is -0.410 e. The minimum absolute atomic E-state index is 0.0680. The number of nitrogens with zero attached hydrogens (tertiary/aromatic N) is 8. The molecule has 0 radical (unpaired) electrons. The van der Waals surface area contributed by atoms with Gasteiger partial charge in [-0.1, -0.05) is 36.0 Å². The van der Waals surface area contributed by atoms with Crippen LogP contribution in [0.4, 0.5) is 29.6 Å². The summed E-state index contributed by atoms with van der Waals surface area (Å²) in [7, 11) is 0. The predicted octanol–water partition coefficient (Wildman–Crippen LogP) is 10.3. The number of aromatic amines is 2. The molecule has 15 nitrogen and oxygen atoms in total. The largest absolute Gasteiger partial charge is 0.415 e. The summed E-state index contributed by atoms with van der Waals surface area (Å²) >= 11 is 12.2. The third-order valence-electron chi connectivity index (χ3n) is 12.7. The zero-order valence-electron chi connectivity index (χ0n) is 37.0. The van der Waals surface area contributed by atoms with Crippen LogP contribution in [0.15, 0.2) is 73.6 Å². The average Bonchev–Trinajstić information content (AvgIpc) is 4.13. The lowest BCUT2D eigenvalue weighted by molar-refractivity contribution is -0.133. The molecule has 0 bridgehead atoms. The maximum Gasteiger partial charge on any atom is 0.415 e. The van der Waals surface area contributed by atoms with Crippen LogP contribution in [0.5, 0.6) is 5.75 Å². The van der Waals surface area contributed by atoms with E-state index in [0.717, 1.165) is 49.2 Å². The topological polar surface area (TPSA) is 183 Å². The number of pyridine rings is 2. The van der Waals surface area contributed by atoms with Gasteiger partial charge in [-0.25, -0.2) is 47.9 Å². The summed E-state index contributed by atoms with van der Waals surface area (Å²) < 4.78 is 47.4. The van der Waals surface area contributed by atoms with E-state index in [1.165, 1.54) is 62.3 Å². The molecule has 2 aliphatic heterocycles. The minimum atomic E-state index is -0.576. The maximum atomic E-state index is 14.5. The number of carbonyl (C=O) groups excluding carboxylic acids is 2. The molecule has 10 rings (SSSR count). The van der Waals surface area contributed by atoms with Crippen LogP contribution in [0, 0.1) is 35.2 Å². The van der Waals surface area contributed by atoms with Crippen molar-refractivity contribution < 1.29 is 27.5 Å². The highest BCUT2D eigenvalue weighted by atomic mass is 35.5. The van der Waals surface area contributed by atoms with E-state index >= 15 is 0 Å². The fourth-order valence-corrected chi connectivity index (χ4v) is 9.48. The highest BCUT2D eigenvalue weighted by Gasteiger charge is 2.28. The molecule has 2 unspecified atom stereocenters. The fraction of sp³-hybridized carbons (Fsp3) is 0.375. The maximum absolute atomic E-state index is 14.5. The lowest BCUT2D eigenvalue weighted by Gasteiger charge is -2.33. The normalized spacial score (nSPS) is 17.5. The molecule has 7 aromatic rings. The van der Waals surface area contributed by atoms with Gasteiger partial charge in [0.15, 0.2) is 34.9 Å². The Morgan fingerprint density at radius 3 is 1.71 bits per heavy atom. The van der Waals surface area contributed by atoms with Gasteiger partial charge in [-0.05, 0) is 92.7 Å². The van der Waals surface area contributed by atoms with Crippen molar-refractivity contribution in [1.29, 1.82) is 0 Å². The molecule has 0 spiro atoms. The van der Waals surface area contributed by atoms with E-state index in [1.54, 1.807) is 35.6 Å². The molecule has 8 heterocycles. The summed E-state index contributed by atoms with van der Waals surface area (Å²) in [5, 5.41) is 8.72. The van der Waals surface area contributed by atoms with Crippen molar-refractivity contribution in [3.05, 3.63) is 101 Å². The molecule has 1 aromatic carbocycles. The summed E-state index contributed by atoms with van der Waals surface area (Å²) in [6, 6.07) is 8.81. The van der Waals surface area contributed by atoms with Crippen LogP contribution >= 0.6 is 23.2 Å². The molecule has 3 aliphatic rings. The Hall–Kier alpha value is -6.53. The monoisotopic (exact) mass is 968 g/mol. The molecule has 1 saturated carbocycles. The summed E-state index contributed by atoms with van der Waals surface area (Å²) in [5.41, 5.74) is 2.66. The fourth-order valence-electron chi connectivity index (χ4n) is 9.16. The van der Waals surface area contributed by atoms with Crippen LogP contribution in [-0.4, -0.2) is 101 Å². The molecule has 68 heavy (non-hydrogen) atoms. The van der Waals surface area contributed by atoms with Gasteiger partial charge in [-0.15, -0.1) is 0 Å². The van der Waals surface area contributed by atoms with E-state index in [0.29, 0.717) is 89.2 Å². The van der Waals surface area contributed by atoms with E-state index in [2.05, 4.69) is 50.5 Å². The lowest BCUT2D eigenvalue weighted by atomic mass is 9.96. The van der Waals surface area contributed by atoms with Crippen molar-refractivity contribution in [3.8, 4) is 28.5 Å². The van der Waals surface area contributed by atoms with Gasteiger partial charge in [0.05, 0.1) is 22.4 Å². The first-order valence-corrected chi connectivity index (χ1v) is 23.6.